The molecule has 0 unspecified atom stereocenters. The Morgan fingerprint density at radius 3 is 2.08 bits per heavy atom. The molecule has 50 heavy (non-hydrogen) atoms. The summed E-state index contributed by atoms with van der Waals surface area (Å²) in [4.78, 5) is 27.6. The van der Waals surface area contributed by atoms with Gasteiger partial charge in [-0.15, -0.1) is 0 Å². The van der Waals surface area contributed by atoms with Crippen LogP contribution >= 0.6 is 0 Å². The Bertz CT molecular complexity index is 1550. The van der Waals surface area contributed by atoms with Crippen LogP contribution < -0.4 is 14.2 Å². The molecular weight excluding hydrogens is 624 g/mol. The second-order valence-electron chi connectivity index (χ2n) is 16.5. The number of carbonyl (C=O) groups excluding carboxylic acids is 2. The number of esters is 2. The lowest BCUT2D eigenvalue weighted by molar-refractivity contribution is -0.156. The van der Waals surface area contributed by atoms with Gasteiger partial charge in [-0.2, -0.15) is 0 Å². The van der Waals surface area contributed by atoms with E-state index < -0.39 is 11.9 Å². The van der Waals surface area contributed by atoms with Gasteiger partial charge in [0, 0.05) is 23.0 Å². The SMILES string of the molecule is CCCCCc1cc(OC(=O)C(=O)Oc2cc(CCCCC)cc(O)c2[C@@H]2C[C@@H](C)CC[C@H]2C(C)C)c2c(c1)OC(C)(C)[C@@H]1CCC(C)=C[C@@H]21. The largest absolute Gasteiger partial charge is 0.508 e. The lowest BCUT2D eigenvalue weighted by Crippen LogP contribution is -2.45. The monoisotopic (exact) mass is 686 g/mol. The van der Waals surface area contributed by atoms with Gasteiger partial charge in [-0.1, -0.05) is 78.4 Å². The van der Waals surface area contributed by atoms with E-state index in [0.717, 1.165) is 106 Å². The van der Waals surface area contributed by atoms with E-state index in [2.05, 4.69) is 67.5 Å². The molecule has 0 amide bonds. The number of phenolic OH excluding ortho intramolecular Hbond substituents is 1. The highest BCUT2D eigenvalue weighted by Crippen LogP contribution is 2.54. The maximum Gasteiger partial charge on any atom is 0.423 e. The average Bonchev–Trinajstić information content (AvgIpc) is 3.04. The Kier molecular flexibility index (Phi) is 12.4. The predicted octanol–water partition coefficient (Wildman–Crippen LogP) is 11.2. The molecule has 0 spiro atoms. The Labute approximate surface area is 301 Å². The van der Waals surface area contributed by atoms with Gasteiger partial charge in [-0.05, 0) is 131 Å². The van der Waals surface area contributed by atoms with Gasteiger partial charge in [0.25, 0.3) is 0 Å². The molecule has 274 valence electrons. The Balaban J connectivity index is 1.50. The topological polar surface area (TPSA) is 82.1 Å². The number of hydrogen-bond acceptors (Lipinski definition) is 6. The number of benzene rings is 2. The van der Waals surface area contributed by atoms with E-state index in [4.69, 9.17) is 14.2 Å². The number of phenols is 1. The number of carbonyl (C=O) groups is 2. The van der Waals surface area contributed by atoms with Crippen LogP contribution in [0.5, 0.6) is 23.0 Å². The quantitative estimate of drug-likeness (QED) is 0.0787. The van der Waals surface area contributed by atoms with Gasteiger partial charge >= 0.3 is 11.9 Å². The molecule has 5 atom stereocenters. The van der Waals surface area contributed by atoms with Gasteiger partial charge in [-0.3, -0.25) is 0 Å². The van der Waals surface area contributed by atoms with Gasteiger partial charge in [0.2, 0.25) is 0 Å². The molecular formula is C44H62O6. The van der Waals surface area contributed by atoms with E-state index in [1.165, 1.54) is 5.57 Å². The molecule has 2 aromatic carbocycles. The molecule has 3 aliphatic rings. The van der Waals surface area contributed by atoms with Gasteiger partial charge in [-0.25, -0.2) is 9.59 Å². The maximum atomic E-state index is 13.8. The zero-order valence-electron chi connectivity index (χ0n) is 32.0. The first kappa shape index (κ1) is 38.0. The molecule has 2 aliphatic carbocycles. The normalized spacial score (nSPS) is 24.1. The molecule has 0 aromatic heterocycles. The summed E-state index contributed by atoms with van der Waals surface area (Å²) in [6.45, 7) is 17.5. The van der Waals surface area contributed by atoms with Crippen LogP contribution in [0, 0.1) is 23.7 Å². The van der Waals surface area contributed by atoms with E-state index >= 15 is 0 Å². The highest BCUT2D eigenvalue weighted by Gasteiger charge is 2.46. The summed E-state index contributed by atoms with van der Waals surface area (Å²) in [5.74, 6) is 0.864. The highest BCUT2D eigenvalue weighted by atomic mass is 16.6. The van der Waals surface area contributed by atoms with Crippen LogP contribution in [-0.2, 0) is 22.4 Å². The fourth-order valence-corrected chi connectivity index (χ4v) is 9.03. The molecule has 5 rings (SSSR count). The first-order valence-electron chi connectivity index (χ1n) is 19.7. The van der Waals surface area contributed by atoms with Crippen LogP contribution in [0.4, 0.5) is 0 Å². The standard InChI is InChI=1S/C44H62O6/c1-9-11-13-15-30-23-36(45)40(33-21-28(5)17-19-32(33)27(3)4)37(24-30)48-42(46)43(47)49-38-25-31(16-14-12-10-2)26-39-41(38)34-22-29(6)18-20-35(34)44(7,8)50-39/h22-28,32-35,45H,9-21H2,1-8H3/t28-,32-,33+,34+,35+/m0/s1. The fourth-order valence-electron chi connectivity index (χ4n) is 9.03. The van der Waals surface area contributed by atoms with Crippen molar-refractivity contribution in [2.75, 3.05) is 0 Å². The number of hydrogen-bond donors (Lipinski definition) is 1. The van der Waals surface area contributed by atoms with Crippen LogP contribution in [0.3, 0.4) is 0 Å². The van der Waals surface area contributed by atoms with Gasteiger partial charge in [0.15, 0.2) is 0 Å². The number of rotatable bonds is 12. The van der Waals surface area contributed by atoms with Crippen LogP contribution in [0.25, 0.3) is 0 Å². The minimum Gasteiger partial charge on any atom is -0.508 e. The highest BCUT2D eigenvalue weighted by molar-refractivity contribution is 6.31. The number of unbranched alkanes of at least 4 members (excludes halogenated alkanes) is 4. The molecule has 1 fully saturated rings. The summed E-state index contributed by atoms with van der Waals surface area (Å²) in [6.07, 6.45) is 15.3. The first-order chi connectivity index (χ1) is 23.8. The van der Waals surface area contributed by atoms with Crippen LogP contribution in [0.2, 0.25) is 0 Å². The second kappa shape index (κ2) is 16.4. The van der Waals surface area contributed by atoms with Crippen LogP contribution in [0.15, 0.2) is 35.9 Å². The summed E-state index contributed by atoms with van der Waals surface area (Å²) < 4.78 is 18.8. The Morgan fingerprint density at radius 2 is 1.48 bits per heavy atom. The smallest absolute Gasteiger partial charge is 0.423 e. The summed E-state index contributed by atoms with van der Waals surface area (Å²) in [5.41, 5.74) is 4.33. The van der Waals surface area contributed by atoms with Crippen molar-refractivity contribution in [3.8, 4) is 23.0 Å². The minimum absolute atomic E-state index is 0.00984. The van der Waals surface area contributed by atoms with Crippen molar-refractivity contribution in [2.45, 2.75) is 156 Å². The molecule has 0 saturated heterocycles. The summed E-state index contributed by atoms with van der Waals surface area (Å²) in [7, 11) is 0. The molecule has 0 bridgehead atoms. The van der Waals surface area contributed by atoms with Crippen molar-refractivity contribution in [1.29, 1.82) is 0 Å². The molecule has 1 saturated carbocycles. The van der Waals surface area contributed by atoms with E-state index in [1.54, 1.807) is 0 Å². The zero-order chi connectivity index (χ0) is 36.2. The molecule has 1 heterocycles. The number of ether oxygens (including phenoxy) is 3. The summed E-state index contributed by atoms with van der Waals surface area (Å²) in [5, 5.41) is 11.6. The third kappa shape index (κ3) is 8.60. The van der Waals surface area contributed by atoms with Crippen molar-refractivity contribution >= 4 is 11.9 Å². The van der Waals surface area contributed by atoms with E-state index in [9.17, 15) is 14.7 Å². The van der Waals surface area contributed by atoms with Gasteiger partial charge in [0.1, 0.15) is 28.6 Å². The lowest BCUT2D eigenvalue weighted by atomic mass is 9.67. The van der Waals surface area contributed by atoms with E-state index in [1.807, 2.05) is 18.2 Å². The Hall–Kier alpha value is -3.28. The average molecular weight is 687 g/mol. The summed E-state index contributed by atoms with van der Waals surface area (Å²) in [6, 6.07) is 7.74. The lowest BCUT2D eigenvalue weighted by Gasteiger charge is -2.46. The zero-order valence-corrected chi connectivity index (χ0v) is 32.0. The fraction of sp³-hybridized carbons (Fsp3) is 0.636. The van der Waals surface area contributed by atoms with Crippen molar-refractivity contribution in [3.05, 3.63) is 58.2 Å². The molecule has 0 radical (unpaired) electrons. The molecule has 6 heteroatoms. The summed E-state index contributed by atoms with van der Waals surface area (Å²) >= 11 is 0. The van der Waals surface area contributed by atoms with Crippen LogP contribution in [0.1, 0.15) is 160 Å². The maximum absolute atomic E-state index is 13.8. The minimum atomic E-state index is -1.07. The van der Waals surface area contributed by atoms with E-state index in [-0.39, 0.29) is 34.9 Å². The third-order valence-electron chi connectivity index (χ3n) is 11.8. The molecule has 1 aliphatic heterocycles. The van der Waals surface area contributed by atoms with Crippen molar-refractivity contribution in [2.24, 2.45) is 23.7 Å². The van der Waals surface area contributed by atoms with Crippen molar-refractivity contribution < 1.29 is 28.9 Å². The van der Waals surface area contributed by atoms with Crippen molar-refractivity contribution in [1.82, 2.24) is 0 Å². The predicted molar refractivity (Wildman–Crippen MR) is 200 cm³/mol. The number of aromatic hydroxyl groups is 1. The second-order valence-corrected chi connectivity index (χ2v) is 16.5. The van der Waals surface area contributed by atoms with Gasteiger partial charge in [0.05, 0.1) is 0 Å². The van der Waals surface area contributed by atoms with Gasteiger partial charge < -0.3 is 19.3 Å². The Morgan fingerprint density at radius 1 is 0.880 bits per heavy atom. The first-order valence-corrected chi connectivity index (χ1v) is 19.7. The van der Waals surface area contributed by atoms with Crippen LogP contribution in [-0.4, -0.2) is 22.6 Å². The number of aryl methyl sites for hydroxylation is 2. The third-order valence-corrected chi connectivity index (χ3v) is 11.8. The molecule has 1 N–H and O–H groups in total. The number of allylic oxidation sites excluding steroid dienone is 2. The molecule has 6 nitrogen and oxygen atoms in total. The molecule has 2 aromatic rings. The van der Waals surface area contributed by atoms with Crippen molar-refractivity contribution in [3.63, 3.8) is 0 Å². The van der Waals surface area contributed by atoms with E-state index in [0.29, 0.717) is 29.1 Å². The number of fused-ring (bicyclic) bond motifs is 3.